The first-order valence-corrected chi connectivity index (χ1v) is 5.03. The highest BCUT2D eigenvalue weighted by Gasteiger charge is 2.10. The van der Waals surface area contributed by atoms with E-state index in [1.807, 2.05) is 0 Å². The first kappa shape index (κ1) is 11.9. The van der Waals surface area contributed by atoms with E-state index >= 15 is 0 Å². The van der Waals surface area contributed by atoms with Crippen LogP contribution < -0.4 is 5.32 Å². The summed E-state index contributed by atoms with van der Waals surface area (Å²) in [4.78, 5) is 0. The zero-order chi connectivity index (χ0) is 9.40. The summed E-state index contributed by atoms with van der Waals surface area (Å²) >= 11 is 0. The molecule has 0 aromatic rings. The second kappa shape index (κ2) is 7.56. The van der Waals surface area contributed by atoms with Crippen LogP contribution in [0.3, 0.4) is 0 Å². The van der Waals surface area contributed by atoms with Crippen LogP contribution in [-0.2, 0) is 0 Å². The van der Waals surface area contributed by atoms with Crippen LogP contribution in [0.25, 0.3) is 0 Å². The van der Waals surface area contributed by atoms with Gasteiger partial charge in [0.15, 0.2) is 0 Å². The molecule has 0 rings (SSSR count). The van der Waals surface area contributed by atoms with E-state index in [1.54, 1.807) is 0 Å². The molecule has 0 saturated heterocycles. The Labute approximate surface area is 76.4 Å². The number of rotatable bonds is 7. The Hall–Kier alpha value is -0.0800. The SMILES string of the molecule is CCCCNCC(CO)C(C)C. The highest BCUT2D eigenvalue weighted by atomic mass is 16.3. The second-order valence-corrected chi connectivity index (χ2v) is 3.74. The first-order chi connectivity index (χ1) is 5.72. The van der Waals surface area contributed by atoms with E-state index in [2.05, 4.69) is 26.1 Å². The van der Waals surface area contributed by atoms with Crippen LogP contribution in [0.1, 0.15) is 33.6 Å². The molecule has 0 aliphatic heterocycles. The summed E-state index contributed by atoms with van der Waals surface area (Å²) in [6, 6.07) is 0. The Morgan fingerprint density at radius 2 is 2.00 bits per heavy atom. The van der Waals surface area contributed by atoms with Crippen molar-refractivity contribution in [1.29, 1.82) is 0 Å². The van der Waals surface area contributed by atoms with Crippen molar-refractivity contribution in [2.45, 2.75) is 33.6 Å². The minimum atomic E-state index is 0.302. The molecule has 0 saturated carbocycles. The highest BCUT2D eigenvalue weighted by Crippen LogP contribution is 2.07. The van der Waals surface area contributed by atoms with Crippen LogP contribution in [0.2, 0.25) is 0 Å². The standard InChI is InChI=1S/C10H23NO/c1-4-5-6-11-7-10(8-12)9(2)3/h9-12H,4-8H2,1-3H3. The average molecular weight is 173 g/mol. The fourth-order valence-electron chi connectivity index (χ4n) is 1.10. The Bertz CT molecular complexity index is 93.8. The third-order valence-electron chi connectivity index (χ3n) is 2.29. The highest BCUT2D eigenvalue weighted by molar-refractivity contribution is 4.64. The summed E-state index contributed by atoms with van der Waals surface area (Å²) in [7, 11) is 0. The Morgan fingerprint density at radius 1 is 1.33 bits per heavy atom. The molecule has 0 bridgehead atoms. The van der Waals surface area contributed by atoms with Gasteiger partial charge in [-0.2, -0.15) is 0 Å². The molecule has 2 nitrogen and oxygen atoms in total. The smallest absolute Gasteiger partial charge is 0.0473 e. The number of nitrogens with one attached hydrogen (secondary N) is 1. The molecule has 0 spiro atoms. The van der Waals surface area contributed by atoms with Gasteiger partial charge in [-0.3, -0.25) is 0 Å². The lowest BCUT2D eigenvalue weighted by Crippen LogP contribution is -2.29. The Morgan fingerprint density at radius 3 is 2.42 bits per heavy atom. The molecular weight excluding hydrogens is 150 g/mol. The molecule has 1 atom stereocenters. The van der Waals surface area contributed by atoms with Crippen molar-refractivity contribution in [3.63, 3.8) is 0 Å². The van der Waals surface area contributed by atoms with Gasteiger partial charge in [0.2, 0.25) is 0 Å². The van der Waals surface area contributed by atoms with Gasteiger partial charge in [0.25, 0.3) is 0 Å². The van der Waals surface area contributed by atoms with Gasteiger partial charge in [0.05, 0.1) is 0 Å². The van der Waals surface area contributed by atoms with Crippen molar-refractivity contribution in [3.05, 3.63) is 0 Å². The summed E-state index contributed by atoms with van der Waals surface area (Å²) in [5, 5.41) is 12.4. The summed E-state index contributed by atoms with van der Waals surface area (Å²) in [5.41, 5.74) is 0. The molecule has 2 N–H and O–H groups in total. The van der Waals surface area contributed by atoms with Crippen LogP contribution in [0.15, 0.2) is 0 Å². The molecule has 0 radical (unpaired) electrons. The van der Waals surface area contributed by atoms with Crippen LogP contribution in [-0.4, -0.2) is 24.8 Å². The van der Waals surface area contributed by atoms with E-state index in [0.29, 0.717) is 18.4 Å². The quantitative estimate of drug-likeness (QED) is 0.574. The predicted molar refractivity (Wildman–Crippen MR) is 53.2 cm³/mol. The van der Waals surface area contributed by atoms with Gasteiger partial charge in [-0.05, 0) is 24.8 Å². The van der Waals surface area contributed by atoms with Gasteiger partial charge in [-0.15, -0.1) is 0 Å². The zero-order valence-electron chi connectivity index (χ0n) is 8.64. The molecule has 0 aliphatic carbocycles. The predicted octanol–water partition coefficient (Wildman–Crippen LogP) is 1.64. The number of unbranched alkanes of at least 4 members (excludes halogenated alkanes) is 1. The van der Waals surface area contributed by atoms with Crippen molar-refractivity contribution < 1.29 is 5.11 Å². The third-order valence-corrected chi connectivity index (χ3v) is 2.29. The fourth-order valence-corrected chi connectivity index (χ4v) is 1.10. The summed E-state index contributed by atoms with van der Waals surface area (Å²) in [6.45, 7) is 8.84. The normalized spacial score (nSPS) is 13.8. The van der Waals surface area contributed by atoms with Gasteiger partial charge >= 0.3 is 0 Å². The van der Waals surface area contributed by atoms with Crippen LogP contribution in [0.5, 0.6) is 0 Å². The minimum Gasteiger partial charge on any atom is -0.396 e. The van der Waals surface area contributed by atoms with E-state index in [-0.39, 0.29) is 0 Å². The van der Waals surface area contributed by atoms with E-state index in [9.17, 15) is 0 Å². The third kappa shape index (κ3) is 5.56. The summed E-state index contributed by atoms with van der Waals surface area (Å²) in [5.74, 6) is 0.992. The van der Waals surface area contributed by atoms with Crippen molar-refractivity contribution in [2.24, 2.45) is 11.8 Å². The lowest BCUT2D eigenvalue weighted by atomic mass is 9.97. The van der Waals surface area contributed by atoms with E-state index in [0.717, 1.165) is 13.1 Å². The fraction of sp³-hybridized carbons (Fsp3) is 1.00. The molecule has 2 heteroatoms. The average Bonchev–Trinajstić information content (AvgIpc) is 2.04. The maximum absolute atomic E-state index is 9.01. The first-order valence-electron chi connectivity index (χ1n) is 5.03. The monoisotopic (exact) mass is 173 g/mol. The van der Waals surface area contributed by atoms with Crippen LogP contribution in [0.4, 0.5) is 0 Å². The van der Waals surface area contributed by atoms with Crippen molar-refractivity contribution in [2.75, 3.05) is 19.7 Å². The zero-order valence-corrected chi connectivity index (χ0v) is 8.64. The lowest BCUT2D eigenvalue weighted by Gasteiger charge is -2.18. The lowest BCUT2D eigenvalue weighted by molar-refractivity contribution is 0.186. The molecule has 0 heterocycles. The topological polar surface area (TPSA) is 32.3 Å². The van der Waals surface area contributed by atoms with Crippen molar-refractivity contribution >= 4 is 0 Å². The molecule has 74 valence electrons. The summed E-state index contributed by atoms with van der Waals surface area (Å²) < 4.78 is 0. The number of hydrogen-bond acceptors (Lipinski definition) is 2. The van der Waals surface area contributed by atoms with Gasteiger partial charge in [-0.25, -0.2) is 0 Å². The van der Waals surface area contributed by atoms with E-state index < -0.39 is 0 Å². The molecule has 0 aliphatic rings. The van der Waals surface area contributed by atoms with Gasteiger partial charge in [0, 0.05) is 13.2 Å². The molecule has 0 aromatic heterocycles. The number of aliphatic hydroxyl groups is 1. The molecule has 0 amide bonds. The maximum Gasteiger partial charge on any atom is 0.0473 e. The molecular formula is C10H23NO. The minimum absolute atomic E-state index is 0.302. The van der Waals surface area contributed by atoms with E-state index in [4.69, 9.17) is 5.11 Å². The molecule has 1 unspecified atom stereocenters. The summed E-state index contributed by atoms with van der Waals surface area (Å²) in [6.07, 6.45) is 2.47. The molecule has 0 fully saturated rings. The van der Waals surface area contributed by atoms with Crippen molar-refractivity contribution in [3.8, 4) is 0 Å². The van der Waals surface area contributed by atoms with Crippen molar-refractivity contribution in [1.82, 2.24) is 5.32 Å². The number of hydrogen-bond donors (Lipinski definition) is 2. The van der Waals surface area contributed by atoms with Gasteiger partial charge in [0.1, 0.15) is 0 Å². The molecule has 0 aromatic carbocycles. The number of aliphatic hydroxyl groups excluding tert-OH is 1. The van der Waals surface area contributed by atoms with Crippen LogP contribution in [0, 0.1) is 11.8 Å². The molecule has 12 heavy (non-hydrogen) atoms. The Balaban J connectivity index is 3.32. The van der Waals surface area contributed by atoms with Gasteiger partial charge < -0.3 is 10.4 Å². The Kier molecular flexibility index (Phi) is 7.51. The van der Waals surface area contributed by atoms with E-state index in [1.165, 1.54) is 12.8 Å². The second-order valence-electron chi connectivity index (χ2n) is 3.74. The largest absolute Gasteiger partial charge is 0.396 e. The maximum atomic E-state index is 9.01. The van der Waals surface area contributed by atoms with Gasteiger partial charge in [-0.1, -0.05) is 27.2 Å². The van der Waals surface area contributed by atoms with Crippen LogP contribution >= 0.6 is 0 Å².